The highest BCUT2D eigenvalue weighted by Gasteiger charge is 2.37. The van der Waals surface area contributed by atoms with Crippen LogP contribution in [0.1, 0.15) is 12.0 Å². The number of halogens is 3. The zero-order chi connectivity index (χ0) is 14.3. The molecule has 0 saturated carbocycles. The van der Waals surface area contributed by atoms with Crippen LogP contribution in [0.15, 0.2) is 35.4 Å². The second kappa shape index (κ2) is 4.36. The van der Waals surface area contributed by atoms with Crippen molar-refractivity contribution in [3.8, 4) is 0 Å². The highest BCUT2D eigenvalue weighted by atomic mass is 19.4. The maximum atomic E-state index is 13.2. The number of nitrogens with zero attached hydrogens (tertiary/aromatic N) is 3. The first-order valence-corrected chi connectivity index (χ1v) is 6.02. The summed E-state index contributed by atoms with van der Waals surface area (Å²) in [5, 5.41) is 5.56. The second-order valence-corrected chi connectivity index (χ2v) is 4.51. The van der Waals surface area contributed by atoms with Gasteiger partial charge >= 0.3 is 6.18 Å². The average Bonchev–Trinajstić information content (AvgIpc) is 2.83. The number of rotatable bonds is 1. The number of para-hydroxylation sites is 1. The Hall–Kier alpha value is -2.31. The van der Waals surface area contributed by atoms with Gasteiger partial charge in [-0.2, -0.15) is 18.3 Å². The van der Waals surface area contributed by atoms with Crippen LogP contribution in [0, 0.1) is 0 Å². The molecule has 2 N–H and O–H groups in total. The Bertz CT molecular complexity index is 694. The molecule has 0 amide bonds. The van der Waals surface area contributed by atoms with Crippen molar-refractivity contribution in [2.24, 2.45) is 10.8 Å². The fourth-order valence-corrected chi connectivity index (χ4v) is 2.14. The van der Waals surface area contributed by atoms with Crippen LogP contribution in [-0.2, 0) is 6.18 Å². The van der Waals surface area contributed by atoms with Crippen LogP contribution < -0.4 is 10.7 Å². The standard InChI is InChI=1S/C13H11F3N4/c14-13(15,16)9-7-8-3-1-2-4-10(8)18-12(9)20-6-5-11(17)19-20/h1-4,7H,5-6H2,(H2,17,19). The van der Waals surface area contributed by atoms with Crippen LogP contribution in [0.4, 0.5) is 19.0 Å². The first kappa shape index (κ1) is 12.7. The van der Waals surface area contributed by atoms with Gasteiger partial charge in [0.1, 0.15) is 11.4 Å². The molecule has 0 unspecified atom stereocenters. The third kappa shape index (κ3) is 2.15. The van der Waals surface area contributed by atoms with Gasteiger partial charge in [-0.05, 0) is 12.1 Å². The van der Waals surface area contributed by atoms with Crippen molar-refractivity contribution in [2.45, 2.75) is 12.6 Å². The molecule has 3 rings (SSSR count). The molecule has 7 heteroatoms. The first-order chi connectivity index (χ1) is 9.45. The number of benzene rings is 1. The van der Waals surface area contributed by atoms with Crippen molar-refractivity contribution >= 4 is 22.6 Å². The van der Waals surface area contributed by atoms with Crippen LogP contribution in [0.25, 0.3) is 10.9 Å². The van der Waals surface area contributed by atoms with E-state index in [0.29, 0.717) is 29.7 Å². The van der Waals surface area contributed by atoms with Crippen molar-refractivity contribution in [1.82, 2.24) is 4.98 Å². The molecule has 0 spiro atoms. The predicted molar refractivity (Wildman–Crippen MR) is 70.3 cm³/mol. The molecule has 2 heterocycles. The van der Waals surface area contributed by atoms with E-state index in [0.717, 1.165) is 6.07 Å². The van der Waals surface area contributed by atoms with Crippen LogP contribution in [0.3, 0.4) is 0 Å². The van der Waals surface area contributed by atoms with Gasteiger partial charge in [-0.15, -0.1) is 0 Å². The third-order valence-corrected chi connectivity index (χ3v) is 3.08. The number of alkyl halides is 3. The number of hydrogen-bond donors (Lipinski definition) is 1. The van der Waals surface area contributed by atoms with Gasteiger partial charge in [-0.25, -0.2) is 9.99 Å². The summed E-state index contributed by atoms with van der Waals surface area (Å²) in [6.45, 7) is 0.306. The lowest BCUT2D eigenvalue weighted by Crippen LogP contribution is -2.19. The number of fused-ring (bicyclic) bond motifs is 1. The largest absolute Gasteiger partial charge is 0.420 e. The molecule has 0 radical (unpaired) electrons. The van der Waals surface area contributed by atoms with Gasteiger partial charge in [0.25, 0.3) is 0 Å². The van der Waals surface area contributed by atoms with E-state index in [1.165, 1.54) is 5.01 Å². The Labute approximate surface area is 112 Å². The number of nitrogens with two attached hydrogens (primary N) is 1. The molecule has 1 aliphatic rings. The average molecular weight is 280 g/mol. The number of pyridine rings is 1. The van der Waals surface area contributed by atoms with Crippen molar-refractivity contribution in [3.63, 3.8) is 0 Å². The van der Waals surface area contributed by atoms with Gasteiger partial charge in [0.05, 0.1) is 12.1 Å². The lowest BCUT2D eigenvalue weighted by Gasteiger charge is -2.19. The molecule has 0 aliphatic carbocycles. The van der Waals surface area contributed by atoms with Crippen LogP contribution >= 0.6 is 0 Å². The maximum Gasteiger partial charge on any atom is 0.420 e. The lowest BCUT2D eigenvalue weighted by atomic mass is 10.1. The lowest BCUT2D eigenvalue weighted by molar-refractivity contribution is -0.137. The summed E-state index contributed by atoms with van der Waals surface area (Å²) in [5.41, 5.74) is 5.23. The van der Waals surface area contributed by atoms with Crippen molar-refractivity contribution in [3.05, 3.63) is 35.9 Å². The van der Waals surface area contributed by atoms with Gasteiger partial charge in [0, 0.05) is 11.8 Å². The van der Waals surface area contributed by atoms with Crippen LogP contribution in [-0.4, -0.2) is 17.4 Å². The molecular formula is C13H11F3N4. The van der Waals surface area contributed by atoms with E-state index in [-0.39, 0.29) is 5.82 Å². The monoisotopic (exact) mass is 280 g/mol. The SMILES string of the molecule is NC1=NN(c2nc3ccccc3cc2C(F)(F)F)CC1. The van der Waals surface area contributed by atoms with E-state index >= 15 is 0 Å². The topological polar surface area (TPSA) is 54.5 Å². The van der Waals surface area contributed by atoms with E-state index in [4.69, 9.17) is 5.73 Å². The summed E-state index contributed by atoms with van der Waals surface area (Å²) < 4.78 is 39.5. The molecule has 1 aliphatic heterocycles. The van der Waals surface area contributed by atoms with E-state index in [1.807, 2.05) is 0 Å². The quantitative estimate of drug-likeness (QED) is 0.873. The van der Waals surface area contributed by atoms with E-state index in [9.17, 15) is 13.2 Å². The van der Waals surface area contributed by atoms with Crippen LogP contribution in [0.5, 0.6) is 0 Å². The summed E-state index contributed by atoms with van der Waals surface area (Å²) in [6.07, 6.45) is -4.05. The molecule has 0 atom stereocenters. The zero-order valence-corrected chi connectivity index (χ0v) is 10.4. The molecule has 1 aromatic heterocycles. The summed E-state index contributed by atoms with van der Waals surface area (Å²) in [7, 11) is 0. The Balaban J connectivity index is 2.22. The molecule has 0 bridgehead atoms. The number of anilines is 1. The van der Waals surface area contributed by atoms with E-state index < -0.39 is 11.7 Å². The number of hydrogen-bond acceptors (Lipinski definition) is 4. The highest BCUT2D eigenvalue weighted by molar-refractivity contribution is 5.86. The normalized spacial score (nSPS) is 15.8. The van der Waals surface area contributed by atoms with E-state index in [2.05, 4.69) is 10.1 Å². The van der Waals surface area contributed by atoms with Gasteiger partial charge in [0.15, 0.2) is 5.82 Å². The molecule has 1 aromatic carbocycles. The van der Waals surface area contributed by atoms with Crippen LogP contribution in [0.2, 0.25) is 0 Å². The second-order valence-electron chi connectivity index (χ2n) is 4.51. The minimum Gasteiger partial charge on any atom is -0.386 e. The molecule has 20 heavy (non-hydrogen) atoms. The van der Waals surface area contributed by atoms with Gasteiger partial charge in [0.2, 0.25) is 0 Å². The molecule has 4 nitrogen and oxygen atoms in total. The maximum absolute atomic E-state index is 13.2. The van der Waals surface area contributed by atoms with Crippen molar-refractivity contribution in [1.29, 1.82) is 0 Å². The predicted octanol–water partition coefficient (Wildman–Crippen LogP) is 2.74. The zero-order valence-electron chi connectivity index (χ0n) is 10.4. The Kier molecular flexibility index (Phi) is 2.77. The number of hydrazone groups is 1. The Morgan fingerprint density at radius 1 is 1.20 bits per heavy atom. The summed E-state index contributed by atoms with van der Waals surface area (Å²) >= 11 is 0. The molecule has 0 saturated heterocycles. The Morgan fingerprint density at radius 3 is 2.60 bits per heavy atom. The minimum atomic E-state index is -4.49. The number of aromatic nitrogens is 1. The van der Waals surface area contributed by atoms with Gasteiger partial charge < -0.3 is 5.73 Å². The molecular weight excluding hydrogens is 269 g/mol. The Morgan fingerprint density at radius 2 is 1.95 bits per heavy atom. The highest BCUT2D eigenvalue weighted by Crippen LogP contribution is 2.38. The summed E-state index contributed by atoms with van der Waals surface area (Å²) in [5.74, 6) is 0.115. The minimum absolute atomic E-state index is 0.198. The van der Waals surface area contributed by atoms with E-state index in [1.54, 1.807) is 24.3 Å². The fraction of sp³-hybridized carbons (Fsp3) is 0.231. The summed E-state index contributed by atoms with van der Waals surface area (Å²) in [6, 6.07) is 7.77. The first-order valence-electron chi connectivity index (χ1n) is 6.02. The smallest absolute Gasteiger partial charge is 0.386 e. The van der Waals surface area contributed by atoms with Gasteiger partial charge in [-0.1, -0.05) is 18.2 Å². The van der Waals surface area contributed by atoms with Gasteiger partial charge in [-0.3, -0.25) is 0 Å². The van der Waals surface area contributed by atoms with Crippen molar-refractivity contribution < 1.29 is 13.2 Å². The number of amidine groups is 1. The van der Waals surface area contributed by atoms with Crippen molar-refractivity contribution in [2.75, 3.05) is 11.6 Å². The molecule has 104 valence electrons. The summed E-state index contributed by atoms with van der Waals surface area (Å²) in [4.78, 5) is 4.10. The molecule has 2 aromatic rings. The third-order valence-electron chi connectivity index (χ3n) is 3.08. The molecule has 0 fully saturated rings. The fourth-order valence-electron chi connectivity index (χ4n) is 2.14.